The minimum atomic E-state index is -0.113. The average molecular weight is 189 g/mol. The lowest BCUT2D eigenvalue weighted by atomic mass is 9.99. The number of hydrogen-bond donors (Lipinski definition) is 0. The van der Waals surface area contributed by atoms with Crippen LogP contribution in [-0.4, -0.2) is 12.9 Å². The van der Waals surface area contributed by atoms with Crippen LogP contribution >= 0.6 is 0 Å². The van der Waals surface area contributed by atoms with Crippen molar-refractivity contribution in [2.75, 3.05) is 7.11 Å². The Hall–Kier alpha value is -1.82. The molecule has 14 heavy (non-hydrogen) atoms. The monoisotopic (exact) mass is 189 g/mol. The van der Waals surface area contributed by atoms with Gasteiger partial charge in [0, 0.05) is 5.56 Å². The molecule has 0 aromatic heterocycles. The molecule has 0 amide bonds. The lowest BCUT2D eigenvalue weighted by Gasteiger charge is -2.08. The van der Waals surface area contributed by atoms with Crippen molar-refractivity contribution in [3.8, 4) is 11.8 Å². The van der Waals surface area contributed by atoms with Gasteiger partial charge in [-0.2, -0.15) is 5.26 Å². The lowest BCUT2D eigenvalue weighted by molar-refractivity contribution is 0.101. The zero-order valence-corrected chi connectivity index (χ0v) is 8.42. The van der Waals surface area contributed by atoms with E-state index in [1.54, 1.807) is 19.1 Å². The van der Waals surface area contributed by atoms with E-state index in [0.717, 1.165) is 5.56 Å². The molecule has 1 aromatic carbocycles. The second kappa shape index (κ2) is 3.93. The Morgan fingerprint density at radius 1 is 1.50 bits per heavy atom. The van der Waals surface area contributed by atoms with Crippen molar-refractivity contribution in [3.63, 3.8) is 0 Å². The summed E-state index contributed by atoms with van der Waals surface area (Å²) in [6, 6.07) is 5.46. The number of ether oxygens (including phenoxy) is 1. The van der Waals surface area contributed by atoms with E-state index in [2.05, 4.69) is 0 Å². The maximum Gasteiger partial charge on any atom is 0.161 e. The highest BCUT2D eigenvalue weighted by molar-refractivity contribution is 5.98. The topological polar surface area (TPSA) is 50.1 Å². The fourth-order valence-corrected chi connectivity index (χ4v) is 1.42. The molecule has 0 saturated carbocycles. The number of carbonyl (C=O) groups excluding carboxylic acids is 1. The first-order valence-corrected chi connectivity index (χ1v) is 4.20. The number of ketones is 1. The second-order valence-electron chi connectivity index (χ2n) is 3.00. The summed E-state index contributed by atoms with van der Waals surface area (Å²) in [5.41, 5.74) is 1.57. The molecule has 72 valence electrons. The SMILES string of the molecule is COc1ccc(C)c(C(C)=O)c1C#N. The van der Waals surface area contributed by atoms with E-state index in [1.807, 2.05) is 6.07 Å². The maximum absolute atomic E-state index is 11.3. The predicted molar refractivity (Wildman–Crippen MR) is 52.5 cm³/mol. The number of hydrogen-bond acceptors (Lipinski definition) is 3. The van der Waals surface area contributed by atoms with Gasteiger partial charge in [0.25, 0.3) is 0 Å². The molecule has 1 rings (SSSR count). The molecule has 0 aliphatic heterocycles. The van der Waals surface area contributed by atoms with Crippen molar-refractivity contribution in [3.05, 3.63) is 28.8 Å². The van der Waals surface area contributed by atoms with Crippen LogP contribution < -0.4 is 4.74 Å². The number of aryl methyl sites for hydroxylation is 1. The van der Waals surface area contributed by atoms with E-state index in [0.29, 0.717) is 16.9 Å². The molecule has 3 heteroatoms. The molecule has 3 nitrogen and oxygen atoms in total. The minimum Gasteiger partial charge on any atom is -0.495 e. The Balaban J connectivity index is 3.53. The van der Waals surface area contributed by atoms with E-state index < -0.39 is 0 Å². The molecule has 0 heterocycles. The van der Waals surface area contributed by atoms with Crippen LogP contribution in [0.1, 0.15) is 28.4 Å². The highest BCUT2D eigenvalue weighted by atomic mass is 16.5. The van der Waals surface area contributed by atoms with Gasteiger partial charge >= 0.3 is 0 Å². The zero-order valence-electron chi connectivity index (χ0n) is 8.42. The first-order valence-electron chi connectivity index (χ1n) is 4.20. The quantitative estimate of drug-likeness (QED) is 0.669. The summed E-state index contributed by atoms with van der Waals surface area (Å²) in [5.74, 6) is 0.334. The maximum atomic E-state index is 11.3. The molecule has 0 fully saturated rings. The van der Waals surface area contributed by atoms with Crippen molar-refractivity contribution >= 4 is 5.78 Å². The molecule has 0 atom stereocenters. The first-order chi connectivity index (χ1) is 6.61. The summed E-state index contributed by atoms with van der Waals surface area (Å²) >= 11 is 0. The van der Waals surface area contributed by atoms with Crippen LogP contribution in [0.2, 0.25) is 0 Å². The summed E-state index contributed by atoms with van der Waals surface area (Å²) in [7, 11) is 1.48. The van der Waals surface area contributed by atoms with E-state index >= 15 is 0 Å². The number of benzene rings is 1. The number of methoxy groups -OCH3 is 1. The Bertz CT molecular complexity index is 416. The minimum absolute atomic E-state index is 0.113. The van der Waals surface area contributed by atoms with Gasteiger partial charge in [-0.1, -0.05) is 6.07 Å². The molecular formula is C11H11NO2. The lowest BCUT2D eigenvalue weighted by Crippen LogP contribution is -2.02. The van der Waals surface area contributed by atoms with Crippen LogP contribution in [0.3, 0.4) is 0 Å². The van der Waals surface area contributed by atoms with E-state index in [-0.39, 0.29) is 5.78 Å². The van der Waals surface area contributed by atoms with Gasteiger partial charge in [0.15, 0.2) is 5.78 Å². The van der Waals surface area contributed by atoms with Crippen LogP contribution in [0.5, 0.6) is 5.75 Å². The van der Waals surface area contributed by atoms with Gasteiger partial charge in [-0.15, -0.1) is 0 Å². The van der Waals surface area contributed by atoms with Gasteiger partial charge in [-0.05, 0) is 25.5 Å². The van der Waals surface area contributed by atoms with Crippen molar-refractivity contribution in [2.45, 2.75) is 13.8 Å². The Kier molecular flexibility index (Phi) is 2.88. The molecule has 0 aliphatic rings. The number of nitriles is 1. The van der Waals surface area contributed by atoms with Crippen LogP contribution in [-0.2, 0) is 0 Å². The highest BCUT2D eigenvalue weighted by Gasteiger charge is 2.14. The van der Waals surface area contributed by atoms with E-state index in [4.69, 9.17) is 10.00 Å². The van der Waals surface area contributed by atoms with Gasteiger partial charge in [0.05, 0.1) is 7.11 Å². The van der Waals surface area contributed by atoms with Crippen molar-refractivity contribution in [2.24, 2.45) is 0 Å². The van der Waals surface area contributed by atoms with Gasteiger partial charge in [-0.25, -0.2) is 0 Å². The second-order valence-corrected chi connectivity index (χ2v) is 3.00. The molecule has 0 bridgehead atoms. The number of nitrogens with zero attached hydrogens (tertiary/aromatic N) is 1. The third kappa shape index (κ3) is 1.60. The van der Waals surface area contributed by atoms with E-state index in [9.17, 15) is 4.79 Å². The average Bonchev–Trinajstić information content (AvgIpc) is 2.16. The fraction of sp³-hybridized carbons (Fsp3) is 0.273. The zero-order chi connectivity index (χ0) is 10.7. The Morgan fingerprint density at radius 2 is 2.14 bits per heavy atom. The largest absolute Gasteiger partial charge is 0.495 e. The van der Waals surface area contributed by atoms with Gasteiger partial charge < -0.3 is 4.74 Å². The first kappa shape index (κ1) is 10.3. The summed E-state index contributed by atoms with van der Waals surface area (Å²) in [6.07, 6.45) is 0. The van der Waals surface area contributed by atoms with Crippen molar-refractivity contribution in [1.29, 1.82) is 5.26 Å². The molecule has 0 saturated heterocycles. The predicted octanol–water partition coefficient (Wildman–Crippen LogP) is 2.08. The number of carbonyl (C=O) groups is 1. The molecule has 0 N–H and O–H groups in total. The molecule has 0 spiro atoms. The molecular weight excluding hydrogens is 178 g/mol. The number of Topliss-reactive ketones (excluding diaryl/α,β-unsaturated/α-hetero) is 1. The Morgan fingerprint density at radius 3 is 2.57 bits per heavy atom. The normalized spacial score (nSPS) is 9.29. The smallest absolute Gasteiger partial charge is 0.161 e. The van der Waals surface area contributed by atoms with Gasteiger partial charge in [-0.3, -0.25) is 4.79 Å². The van der Waals surface area contributed by atoms with Crippen molar-refractivity contribution < 1.29 is 9.53 Å². The summed E-state index contributed by atoms with van der Waals surface area (Å²) in [5, 5.41) is 8.92. The van der Waals surface area contributed by atoms with E-state index in [1.165, 1.54) is 14.0 Å². The molecule has 0 radical (unpaired) electrons. The van der Waals surface area contributed by atoms with Crippen LogP contribution in [0.4, 0.5) is 0 Å². The third-order valence-corrected chi connectivity index (χ3v) is 2.06. The summed E-state index contributed by atoms with van der Waals surface area (Å²) in [4.78, 5) is 11.3. The summed E-state index contributed by atoms with van der Waals surface area (Å²) < 4.78 is 5.01. The molecule has 1 aromatic rings. The van der Waals surface area contributed by atoms with Crippen LogP contribution in [0.25, 0.3) is 0 Å². The van der Waals surface area contributed by atoms with Crippen LogP contribution in [0.15, 0.2) is 12.1 Å². The van der Waals surface area contributed by atoms with Crippen LogP contribution in [0, 0.1) is 18.3 Å². The van der Waals surface area contributed by atoms with Gasteiger partial charge in [0.2, 0.25) is 0 Å². The Labute approximate surface area is 82.9 Å². The molecule has 0 aliphatic carbocycles. The standard InChI is InChI=1S/C11H11NO2/c1-7-4-5-10(14-3)9(6-12)11(7)8(2)13/h4-5H,1-3H3. The highest BCUT2D eigenvalue weighted by Crippen LogP contribution is 2.24. The van der Waals surface area contributed by atoms with Gasteiger partial charge in [0.1, 0.15) is 17.4 Å². The van der Waals surface area contributed by atoms with Crippen molar-refractivity contribution in [1.82, 2.24) is 0 Å². The molecule has 0 unspecified atom stereocenters. The fourth-order valence-electron chi connectivity index (χ4n) is 1.42. The summed E-state index contributed by atoms with van der Waals surface area (Å²) in [6.45, 7) is 3.25. The number of rotatable bonds is 2. The third-order valence-electron chi connectivity index (χ3n) is 2.06.